The Balaban J connectivity index is 3.16. The lowest BCUT2D eigenvalue weighted by atomic mass is 10.1. The highest BCUT2D eigenvalue weighted by Crippen LogP contribution is 2.43. The Morgan fingerprint density at radius 3 is 2.50 bits per heavy atom. The molecule has 0 aliphatic carbocycles. The minimum atomic E-state index is -0.0206. The van der Waals surface area contributed by atoms with E-state index in [0.29, 0.717) is 29.9 Å². The number of ether oxygens (including phenoxy) is 2. The molecule has 0 atom stereocenters. The van der Waals surface area contributed by atoms with Crippen LogP contribution in [0.1, 0.15) is 12.0 Å². The summed E-state index contributed by atoms with van der Waals surface area (Å²) in [6.45, 7) is 0.0609. The Hall–Kier alpha value is -1.13. The fraction of sp³-hybridized carbons (Fsp3) is 0.455. The molecule has 0 heterocycles. The molecular weight excluding hydrogens is 232 g/mol. The third-order valence-electron chi connectivity index (χ3n) is 2.27. The van der Waals surface area contributed by atoms with Crippen LogP contribution in [0.25, 0.3) is 0 Å². The van der Waals surface area contributed by atoms with Crippen LogP contribution in [0.2, 0.25) is 5.02 Å². The monoisotopic (exact) mass is 246 g/mol. The van der Waals surface area contributed by atoms with Gasteiger partial charge in [-0.25, -0.2) is 0 Å². The average Bonchev–Trinajstić information content (AvgIpc) is 2.30. The number of rotatable bonds is 5. The molecular formula is C11H15ClO4. The van der Waals surface area contributed by atoms with Crippen molar-refractivity contribution in [3.05, 3.63) is 16.7 Å². The largest absolute Gasteiger partial charge is 0.506 e. The predicted molar refractivity (Wildman–Crippen MR) is 61.6 cm³/mol. The molecule has 0 unspecified atom stereocenters. The summed E-state index contributed by atoms with van der Waals surface area (Å²) in [5.74, 6) is 0.764. The molecule has 5 heteroatoms. The number of phenolic OH excluding ortho intramolecular Hbond substituents is 1. The van der Waals surface area contributed by atoms with E-state index in [1.54, 1.807) is 6.07 Å². The normalized spacial score (nSPS) is 10.2. The lowest BCUT2D eigenvalue weighted by Crippen LogP contribution is -1.96. The van der Waals surface area contributed by atoms with Gasteiger partial charge in [0.2, 0.25) is 0 Å². The van der Waals surface area contributed by atoms with E-state index in [9.17, 15) is 5.11 Å². The minimum Gasteiger partial charge on any atom is -0.506 e. The molecule has 0 radical (unpaired) electrons. The van der Waals surface area contributed by atoms with E-state index in [4.69, 9.17) is 26.2 Å². The summed E-state index contributed by atoms with van der Waals surface area (Å²) in [5.41, 5.74) is 0.636. The van der Waals surface area contributed by atoms with E-state index < -0.39 is 0 Å². The molecule has 1 rings (SSSR count). The van der Waals surface area contributed by atoms with Crippen LogP contribution in [-0.2, 0) is 6.42 Å². The van der Waals surface area contributed by atoms with Crippen LogP contribution in [0.3, 0.4) is 0 Å². The predicted octanol–water partition coefficient (Wildman–Crippen LogP) is 1.99. The number of phenols is 1. The molecule has 0 aromatic heterocycles. The fourth-order valence-corrected chi connectivity index (χ4v) is 1.74. The van der Waals surface area contributed by atoms with E-state index in [1.807, 2.05) is 0 Å². The van der Waals surface area contributed by atoms with E-state index in [1.165, 1.54) is 14.2 Å². The summed E-state index contributed by atoms with van der Waals surface area (Å²) >= 11 is 5.94. The number of aliphatic hydroxyl groups excluding tert-OH is 1. The molecule has 0 aliphatic rings. The van der Waals surface area contributed by atoms with Gasteiger partial charge in [0.25, 0.3) is 0 Å². The van der Waals surface area contributed by atoms with Crippen molar-refractivity contribution < 1.29 is 19.7 Å². The molecule has 0 spiro atoms. The maximum Gasteiger partial charge on any atom is 0.183 e. The summed E-state index contributed by atoms with van der Waals surface area (Å²) in [6.07, 6.45) is 1.09. The quantitative estimate of drug-likeness (QED) is 0.834. The summed E-state index contributed by atoms with van der Waals surface area (Å²) in [4.78, 5) is 0. The molecule has 4 nitrogen and oxygen atoms in total. The third-order valence-corrected chi connectivity index (χ3v) is 2.62. The van der Waals surface area contributed by atoms with Crippen molar-refractivity contribution >= 4 is 11.6 Å². The number of aliphatic hydroxyl groups is 1. The van der Waals surface area contributed by atoms with E-state index in [-0.39, 0.29) is 17.4 Å². The van der Waals surface area contributed by atoms with Crippen molar-refractivity contribution in [1.29, 1.82) is 0 Å². The van der Waals surface area contributed by atoms with E-state index >= 15 is 0 Å². The van der Waals surface area contributed by atoms with Gasteiger partial charge >= 0.3 is 0 Å². The van der Waals surface area contributed by atoms with E-state index in [2.05, 4.69) is 0 Å². The second kappa shape index (κ2) is 5.82. The van der Waals surface area contributed by atoms with Crippen LogP contribution >= 0.6 is 11.6 Å². The Morgan fingerprint density at radius 1 is 1.31 bits per heavy atom. The molecule has 0 saturated heterocycles. The zero-order chi connectivity index (χ0) is 12.1. The molecule has 90 valence electrons. The highest BCUT2D eigenvalue weighted by Gasteiger charge is 2.17. The zero-order valence-corrected chi connectivity index (χ0v) is 10.0. The van der Waals surface area contributed by atoms with E-state index in [0.717, 1.165) is 0 Å². The highest BCUT2D eigenvalue weighted by atomic mass is 35.5. The standard InChI is InChI=1S/C11H15ClO4/c1-15-8-6-7(4-3-5-13)10(14)9(12)11(8)16-2/h6,13-14H,3-5H2,1-2H3. The molecule has 0 saturated carbocycles. The van der Waals surface area contributed by atoms with Gasteiger partial charge in [-0.2, -0.15) is 0 Å². The SMILES string of the molecule is COc1cc(CCCO)c(O)c(Cl)c1OC. The van der Waals surface area contributed by atoms with Gasteiger partial charge in [0.1, 0.15) is 10.8 Å². The Labute approximate surface area is 99.4 Å². The van der Waals surface area contributed by atoms with Crippen molar-refractivity contribution in [2.45, 2.75) is 12.8 Å². The van der Waals surface area contributed by atoms with Gasteiger partial charge in [0.05, 0.1) is 14.2 Å². The number of aryl methyl sites for hydroxylation is 1. The fourth-order valence-electron chi connectivity index (χ4n) is 1.45. The van der Waals surface area contributed by atoms with Crippen molar-refractivity contribution in [3.63, 3.8) is 0 Å². The van der Waals surface area contributed by atoms with Gasteiger partial charge in [0, 0.05) is 6.61 Å². The van der Waals surface area contributed by atoms with Crippen LogP contribution in [0.15, 0.2) is 6.07 Å². The first-order valence-corrected chi connectivity index (χ1v) is 5.26. The summed E-state index contributed by atoms with van der Waals surface area (Å²) < 4.78 is 10.2. The van der Waals surface area contributed by atoms with Crippen LogP contribution in [0, 0.1) is 0 Å². The van der Waals surface area contributed by atoms with Crippen LogP contribution < -0.4 is 9.47 Å². The maximum atomic E-state index is 9.81. The lowest BCUT2D eigenvalue weighted by molar-refractivity contribution is 0.287. The molecule has 1 aromatic rings. The Kier molecular flexibility index (Phi) is 4.71. The number of hydrogen-bond donors (Lipinski definition) is 2. The molecule has 0 fully saturated rings. The van der Waals surface area contributed by atoms with Crippen LogP contribution in [-0.4, -0.2) is 31.0 Å². The topological polar surface area (TPSA) is 58.9 Å². The van der Waals surface area contributed by atoms with Crippen molar-refractivity contribution in [1.82, 2.24) is 0 Å². The van der Waals surface area contributed by atoms with Crippen LogP contribution in [0.4, 0.5) is 0 Å². The second-order valence-corrected chi connectivity index (χ2v) is 3.64. The molecule has 0 bridgehead atoms. The van der Waals surface area contributed by atoms with Crippen molar-refractivity contribution in [2.75, 3.05) is 20.8 Å². The van der Waals surface area contributed by atoms with Crippen molar-refractivity contribution in [3.8, 4) is 17.2 Å². The number of methoxy groups -OCH3 is 2. The molecule has 16 heavy (non-hydrogen) atoms. The van der Waals surface area contributed by atoms with Gasteiger partial charge in [-0.1, -0.05) is 11.6 Å². The minimum absolute atomic E-state index is 0.0206. The molecule has 0 amide bonds. The third kappa shape index (κ3) is 2.51. The van der Waals surface area contributed by atoms with Gasteiger partial charge in [0.15, 0.2) is 11.5 Å². The number of hydrogen-bond acceptors (Lipinski definition) is 4. The average molecular weight is 247 g/mol. The molecule has 0 aliphatic heterocycles. The lowest BCUT2D eigenvalue weighted by Gasteiger charge is -2.13. The highest BCUT2D eigenvalue weighted by molar-refractivity contribution is 6.33. The van der Waals surface area contributed by atoms with Crippen LogP contribution in [0.5, 0.6) is 17.2 Å². The van der Waals surface area contributed by atoms with Gasteiger partial charge in [-0.05, 0) is 24.5 Å². The van der Waals surface area contributed by atoms with Gasteiger partial charge in [-0.3, -0.25) is 0 Å². The van der Waals surface area contributed by atoms with Gasteiger partial charge < -0.3 is 19.7 Å². The second-order valence-electron chi connectivity index (χ2n) is 3.26. The first-order valence-electron chi connectivity index (χ1n) is 4.88. The maximum absolute atomic E-state index is 9.81. The summed E-state index contributed by atoms with van der Waals surface area (Å²) in [7, 11) is 2.96. The van der Waals surface area contributed by atoms with Gasteiger partial charge in [-0.15, -0.1) is 0 Å². The van der Waals surface area contributed by atoms with Crippen molar-refractivity contribution in [2.24, 2.45) is 0 Å². The smallest absolute Gasteiger partial charge is 0.183 e. The zero-order valence-electron chi connectivity index (χ0n) is 9.29. The Bertz CT molecular complexity index is 365. The number of aromatic hydroxyl groups is 1. The first kappa shape index (κ1) is 12.9. The molecule has 1 aromatic carbocycles. The first-order chi connectivity index (χ1) is 7.65. The summed E-state index contributed by atoms with van der Waals surface area (Å²) in [6, 6.07) is 1.66. The Morgan fingerprint density at radius 2 is 2.00 bits per heavy atom. The molecule has 2 N–H and O–H groups in total. The number of halogens is 1. The number of benzene rings is 1. The summed E-state index contributed by atoms with van der Waals surface area (Å²) in [5, 5.41) is 18.7.